The lowest BCUT2D eigenvalue weighted by molar-refractivity contribution is 0.411. The summed E-state index contributed by atoms with van der Waals surface area (Å²) in [6.45, 7) is 9.08. The van der Waals surface area contributed by atoms with E-state index in [1.807, 2.05) is 6.20 Å². The maximum absolute atomic E-state index is 4.61. The predicted octanol–water partition coefficient (Wildman–Crippen LogP) is 6.49. The van der Waals surface area contributed by atoms with E-state index in [0.717, 1.165) is 12.1 Å². The predicted molar refractivity (Wildman–Crippen MR) is 107 cm³/mol. The minimum atomic E-state index is 0.280. The number of pyridine rings is 1. The largest absolute Gasteiger partial charge is 0.256 e. The molecule has 3 aromatic rings. The molecule has 1 heteroatoms. The van der Waals surface area contributed by atoms with Gasteiger partial charge in [-0.2, -0.15) is 0 Å². The number of aromatic nitrogens is 1. The quantitative estimate of drug-likeness (QED) is 0.533. The Balaban J connectivity index is 1.90. The second kappa shape index (κ2) is 7.23. The van der Waals surface area contributed by atoms with Crippen molar-refractivity contribution in [1.29, 1.82) is 0 Å². The molecule has 1 atom stereocenters. The van der Waals surface area contributed by atoms with Crippen LogP contribution in [0, 0.1) is 5.41 Å². The summed E-state index contributed by atoms with van der Waals surface area (Å²) >= 11 is 0. The highest BCUT2D eigenvalue weighted by atomic mass is 14.7. The van der Waals surface area contributed by atoms with Crippen LogP contribution in [-0.2, 0) is 6.42 Å². The summed E-state index contributed by atoms with van der Waals surface area (Å²) in [5.41, 5.74) is 6.54. The van der Waals surface area contributed by atoms with Crippen LogP contribution in [0.2, 0.25) is 0 Å². The summed E-state index contributed by atoms with van der Waals surface area (Å²) in [5.74, 6) is 0.374. The fraction of sp³-hybridized carbons (Fsp3) is 0.292. The summed E-state index contributed by atoms with van der Waals surface area (Å²) in [6.07, 6.45) is 2.99. The molecule has 0 bridgehead atoms. The zero-order valence-electron chi connectivity index (χ0n) is 15.7. The fourth-order valence-electron chi connectivity index (χ4n) is 3.26. The Morgan fingerprint density at radius 3 is 2.28 bits per heavy atom. The van der Waals surface area contributed by atoms with Gasteiger partial charge in [0.05, 0.1) is 5.69 Å². The van der Waals surface area contributed by atoms with Gasteiger partial charge in [-0.05, 0) is 46.7 Å². The molecule has 0 saturated heterocycles. The van der Waals surface area contributed by atoms with Crippen LogP contribution in [0.4, 0.5) is 0 Å². The lowest BCUT2D eigenvalue weighted by Crippen LogP contribution is -2.09. The van der Waals surface area contributed by atoms with Gasteiger partial charge in [0.1, 0.15) is 0 Å². The van der Waals surface area contributed by atoms with Crippen LogP contribution in [0.15, 0.2) is 72.9 Å². The molecule has 1 unspecified atom stereocenters. The van der Waals surface area contributed by atoms with E-state index in [9.17, 15) is 0 Å². The summed E-state index contributed by atoms with van der Waals surface area (Å²) < 4.78 is 0. The highest BCUT2D eigenvalue weighted by molar-refractivity contribution is 5.61. The van der Waals surface area contributed by atoms with Gasteiger partial charge in [0.2, 0.25) is 0 Å². The average Bonchev–Trinajstić information content (AvgIpc) is 2.61. The lowest BCUT2D eigenvalue weighted by Gasteiger charge is -2.18. The van der Waals surface area contributed by atoms with Crippen LogP contribution in [0.3, 0.4) is 0 Å². The number of hydrogen-bond donors (Lipinski definition) is 0. The standard InChI is InChI=1S/C24H27N/c1-18(20-9-6-5-7-10-20)21-11-8-12-22(16-21)23-15-19(13-14-25-23)17-24(2,3)4/h5-16,18H,17H2,1-4H3. The minimum absolute atomic E-state index is 0.280. The Morgan fingerprint density at radius 1 is 0.840 bits per heavy atom. The Bertz CT molecular complexity index is 828. The first kappa shape index (κ1) is 17.4. The van der Waals surface area contributed by atoms with Crippen molar-refractivity contribution in [2.45, 2.75) is 40.0 Å². The van der Waals surface area contributed by atoms with Crippen LogP contribution in [0.1, 0.15) is 50.3 Å². The van der Waals surface area contributed by atoms with Crippen LogP contribution < -0.4 is 0 Å². The summed E-state index contributed by atoms with van der Waals surface area (Å²) in [5, 5.41) is 0. The first-order chi connectivity index (χ1) is 11.9. The van der Waals surface area contributed by atoms with E-state index in [0.29, 0.717) is 5.92 Å². The number of hydrogen-bond acceptors (Lipinski definition) is 1. The molecule has 0 aliphatic heterocycles. The van der Waals surface area contributed by atoms with Gasteiger partial charge in [-0.25, -0.2) is 0 Å². The Kier molecular flexibility index (Phi) is 5.03. The summed E-state index contributed by atoms with van der Waals surface area (Å²) in [7, 11) is 0. The molecule has 0 saturated carbocycles. The molecule has 1 aromatic heterocycles. The molecule has 0 spiro atoms. The molecule has 0 aliphatic rings. The second-order valence-corrected chi connectivity index (χ2v) is 8.04. The summed E-state index contributed by atoms with van der Waals surface area (Å²) in [4.78, 5) is 4.61. The zero-order chi connectivity index (χ0) is 17.9. The van der Waals surface area contributed by atoms with Gasteiger partial charge in [-0.3, -0.25) is 4.98 Å². The topological polar surface area (TPSA) is 12.9 Å². The molecule has 0 aliphatic carbocycles. The lowest BCUT2D eigenvalue weighted by atomic mass is 9.88. The first-order valence-electron chi connectivity index (χ1n) is 9.03. The molecule has 25 heavy (non-hydrogen) atoms. The first-order valence-corrected chi connectivity index (χ1v) is 9.03. The van der Waals surface area contributed by atoms with Gasteiger partial charge in [0, 0.05) is 17.7 Å². The monoisotopic (exact) mass is 329 g/mol. The molecule has 2 aromatic carbocycles. The highest BCUT2D eigenvalue weighted by Crippen LogP contribution is 2.28. The van der Waals surface area contributed by atoms with Gasteiger partial charge in [-0.1, -0.05) is 76.2 Å². The molecule has 0 N–H and O–H groups in total. The van der Waals surface area contributed by atoms with Crippen LogP contribution in [0.25, 0.3) is 11.3 Å². The third kappa shape index (κ3) is 4.57. The van der Waals surface area contributed by atoms with Crippen molar-refractivity contribution in [2.75, 3.05) is 0 Å². The molecule has 1 heterocycles. The molecular formula is C24H27N. The van der Waals surface area contributed by atoms with Crippen molar-refractivity contribution in [3.05, 3.63) is 89.6 Å². The van der Waals surface area contributed by atoms with E-state index in [4.69, 9.17) is 0 Å². The van der Waals surface area contributed by atoms with Gasteiger partial charge < -0.3 is 0 Å². The summed E-state index contributed by atoms with van der Waals surface area (Å²) in [6, 6.07) is 23.8. The number of nitrogens with zero attached hydrogens (tertiary/aromatic N) is 1. The minimum Gasteiger partial charge on any atom is -0.256 e. The molecule has 3 rings (SSSR count). The third-order valence-electron chi connectivity index (χ3n) is 4.54. The Labute approximate surface area is 151 Å². The number of benzene rings is 2. The molecule has 0 amide bonds. The third-order valence-corrected chi connectivity index (χ3v) is 4.54. The van der Waals surface area contributed by atoms with Gasteiger partial charge in [0.25, 0.3) is 0 Å². The van der Waals surface area contributed by atoms with Crippen molar-refractivity contribution in [3.63, 3.8) is 0 Å². The number of rotatable bonds is 4. The van der Waals surface area contributed by atoms with Gasteiger partial charge in [-0.15, -0.1) is 0 Å². The molecule has 128 valence electrons. The maximum Gasteiger partial charge on any atom is 0.0704 e. The van der Waals surface area contributed by atoms with Crippen molar-refractivity contribution in [2.24, 2.45) is 5.41 Å². The second-order valence-electron chi connectivity index (χ2n) is 8.04. The molecular weight excluding hydrogens is 302 g/mol. The van der Waals surface area contributed by atoms with Crippen LogP contribution in [-0.4, -0.2) is 4.98 Å². The molecule has 1 nitrogen and oxygen atoms in total. The van der Waals surface area contributed by atoms with Crippen molar-refractivity contribution >= 4 is 0 Å². The molecule has 0 fully saturated rings. The SMILES string of the molecule is CC(c1ccccc1)c1cccc(-c2cc(CC(C)(C)C)ccn2)c1. The van der Waals surface area contributed by atoms with E-state index in [-0.39, 0.29) is 5.41 Å². The molecule has 0 radical (unpaired) electrons. The van der Waals surface area contributed by atoms with E-state index < -0.39 is 0 Å². The van der Waals surface area contributed by atoms with E-state index in [1.54, 1.807) is 0 Å². The van der Waals surface area contributed by atoms with Gasteiger partial charge >= 0.3 is 0 Å². The highest BCUT2D eigenvalue weighted by Gasteiger charge is 2.13. The maximum atomic E-state index is 4.61. The average molecular weight is 329 g/mol. The van der Waals surface area contributed by atoms with Crippen LogP contribution in [0.5, 0.6) is 0 Å². The Hall–Kier alpha value is -2.41. The van der Waals surface area contributed by atoms with Crippen molar-refractivity contribution in [1.82, 2.24) is 4.98 Å². The fourth-order valence-corrected chi connectivity index (χ4v) is 3.26. The van der Waals surface area contributed by atoms with E-state index >= 15 is 0 Å². The smallest absolute Gasteiger partial charge is 0.0704 e. The van der Waals surface area contributed by atoms with E-state index in [1.165, 1.54) is 22.3 Å². The zero-order valence-corrected chi connectivity index (χ0v) is 15.7. The van der Waals surface area contributed by atoms with E-state index in [2.05, 4.69) is 99.4 Å². The normalized spacial score (nSPS) is 12.8. The van der Waals surface area contributed by atoms with Gasteiger partial charge in [0.15, 0.2) is 0 Å². The van der Waals surface area contributed by atoms with Crippen molar-refractivity contribution < 1.29 is 0 Å². The Morgan fingerprint density at radius 2 is 1.56 bits per heavy atom. The van der Waals surface area contributed by atoms with Crippen LogP contribution >= 0.6 is 0 Å². The van der Waals surface area contributed by atoms with Crippen molar-refractivity contribution in [3.8, 4) is 11.3 Å².